The van der Waals surface area contributed by atoms with Crippen LogP contribution >= 0.6 is 0 Å². The standard InChI is InChI=1S/C45H30N8O/c1-3-13-26(14-4-1)37(27-15-5-2-6-16-27)54-28-23-24-35-36(25-28)45-52-43-34-22-12-11-21-33(34)41(50-43)48-39-30-18-8-7-17-29(30)38(46-39)47-40-31-19-9-10-20-32(31)42(49-40)51-44(35)53-45/h1-25,37H,(H4,46,47,48,49,50,51,52,53). The van der Waals surface area contributed by atoms with E-state index in [9.17, 15) is 0 Å². The second-order valence-electron chi connectivity index (χ2n) is 13.4. The topological polar surface area (TPSA) is 122 Å². The molecule has 0 unspecified atom stereocenters. The van der Waals surface area contributed by atoms with Gasteiger partial charge in [-0.15, -0.1) is 0 Å². The fraction of sp³-hybridized carbons (Fsp3) is 0.0222. The zero-order valence-corrected chi connectivity index (χ0v) is 28.7. The minimum atomic E-state index is -0.309. The highest BCUT2D eigenvalue weighted by Gasteiger charge is 2.19. The van der Waals surface area contributed by atoms with Crippen LogP contribution in [0.2, 0.25) is 0 Å². The minimum Gasteiger partial charge on any atom is -0.481 e. The fourth-order valence-electron chi connectivity index (χ4n) is 7.55. The number of rotatable bonds is 4. The van der Waals surface area contributed by atoms with Crippen LogP contribution in [0.1, 0.15) is 17.2 Å². The first-order chi connectivity index (χ1) is 26.7. The molecular weight excluding hydrogens is 669 g/mol. The predicted octanol–water partition coefficient (Wildman–Crippen LogP) is 8.90. The number of aromatic amines is 4. The Kier molecular flexibility index (Phi) is 6.71. The zero-order valence-electron chi connectivity index (χ0n) is 28.7. The molecule has 1 aliphatic heterocycles. The summed E-state index contributed by atoms with van der Waals surface area (Å²) in [6.45, 7) is 0. The Morgan fingerprint density at radius 2 is 0.685 bits per heavy atom. The maximum atomic E-state index is 6.83. The maximum Gasteiger partial charge on any atom is 0.149 e. The second-order valence-corrected chi connectivity index (χ2v) is 13.4. The van der Waals surface area contributed by atoms with Crippen LogP contribution in [0.4, 0.5) is 23.3 Å². The average Bonchev–Trinajstić information content (AvgIpc) is 3.96. The molecule has 0 amide bonds. The molecule has 0 atom stereocenters. The van der Waals surface area contributed by atoms with Crippen molar-refractivity contribution in [3.8, 4) is 5.75 Å². The SMILES string of the molecule is c1ccc(C(Oc2ccc3c4[nH]c(c3c2)N=c2[nH]c(c3ccccc23)=Nc2[nH]c(c3ccccc23)N=c2[nH]c(c3ccccc23)=N4)c2ccccc2)cc1. The number of aromatic nitrogens is 4. The van der Waals surface area contributed by atoms with Crippen LogP contribution in [-0.4, -0.2) is 19.9 Å². The molecule has 256 valence electrons. The van der Waals surface area contributed by atoms with Crippen molar-refractivity contribution in [2.24, 2.45) is 20.0 Å². The van der Waals surface area contributed by atoms with Crippen molar-refractivity contribution in [1.29, 1.82) is 0 Å². The maximum absolute atomic E-state index is 6.83. The molecule has 0 fully saturated rings. The van der Waals surface area contributed by atoms with Crippen molar-refractivity contribution < 1.29 is 4.74 Å². The van der Waals surface area contributed by atoms with E-state index in [2.05, 4.69) is 86.7 Å². The summed E-state index contributed by atoms with van der Waals surface area (Å²) in [7, 11) is 0. The van der Waals surface area contributed by atoms with E-state index >= 15 is 0 Å². The third-order valence-corrected chi connectivity index (χ3v) is 10.1. The fourth-order valence-corrected chi connectivity index (χ4v) is 7.55. The quantitative estimate of drug-likeness (QED) is 0.144. The Morgan fingerprint density at radius 1 is 0.333 bits per heavy atom. The highest BCUT2D eigenvalue weighted by atomic mass is 16.5. The molecule has 8 bridgehead atoms. The third-order valence-electron chi connectivity index (χ3n) is 10.1. The van der Waals surface area contributed by atoms with Crippen molar-refractivity contribution in [3.05, 3.63) is 185 Å². The van der Waals surface area contributed by atoms with Gasteiger partial charge in [0.25, 0.3) is 0 Å². The van der Waals surface area contributed by atoms with Gasteiger partial charge in [-0.3, -0.25) is 0 Å². The molecule has 0 radical (unpaired) electrons. The lowest BCUT2D eigenvalue weighted by Crippen LogP contribution is -2.10. The van der Waals surface area contributed by atoms with Gasteiger partial charge in [0.15, 0.2) is 0 Å². The summed E-state index contributed by atoms with van der Waals surface area (Å²) in [5, 5.41) is 7.52. The van der Waals surface area contributed by atoms with Crippen molar-refractivity contribution in [2.45, 2.75) is 6.10 Å². The number of H-pyrrole nitrogens is 4. The molecule has 54 heavy (non-hydrogen) atoms. The van der Waals surface area contributed by atoms with Crippen LogP contribution in [0.5, 0.6) is 5.75 Å². The molecule has 4 aromatic heterocycles. The summed E-state index contributed by atoms with van der Waals surface area (Å²) >= 11 is 0. The predicted molar refractivity (Wildman–Crippen MR) is 212 cm³/mol. The highest BCUT2D eigenvalue weighted by Crippen LogP contribution is 2.38. The normalized spacial score (nSPS) is 12.5. The Hall–Kier alpha value is -7.52. The first-order valence-corrected chi connectivity index (χ1v) is 17.8. The summed E-state index contributed by atoms with van der Waals surface area (Å²) in [6, 6.07) is 51.2. The highest BCUT2D eigenvalue weighted by molar-refractivity contribution is 6.01. The van der Waals surface area contributed by atoms with Gasteiger partial charge in [0.05, 0.1) is 0 Å². The molecule has 0 saturated carbocycles. The van der Waals surface area contributed by atoms with E-state index in [0.717, 1.165) is 54.2 Å². The molecule has 6 aromatic carbocycles. The van der Waals surface area contributed by atoms with E-state index in [1.54, 1.807) is 0 Å². The smallest absolute Gasteiger partial charge is 0.149 e. The number of hydrogen-bond acceptors (Lipinski definition) is 5. The summed E-state index contributed by atoms with van der Waals surface area (Å²) in [6.07, 6.45) is -0.309. The van der Waals surface area contributed by atoms with Crippen molar-refractivity contribution >= 4 is 66.4 Å². The molecule has 1 aliphatic rings. The second kappa shape index (κ2) is 12.0. The van der Waals surface area contributed by atoms with E-state index in [4.69, 9.17) is 24.7 Å². The van der Waals surface area contributed by atoms with E-state index in [-0.39, 0.29) is 6.10 Å². The zero-order chi connectivity index (χ0) is 35.6. The van der Waals surface area contributed by atoms with Gasteiger partial charge in [-0.1, -0.05) is 133 Å². The average molecular weight is 699 g/mol. The summed E-state index contributed by atoms with van der Waals surface area (Å²) in [5.74, 6) is 3.43. The van der Waals surface area contributed by atoms with Gasteiger partial charge in [0.1, 0.15) is 57.1 Å². The van der Waals surface area contributed by atoms with E-state index < -0.39 is 0 Å². The molecule has 10 aromatic rings. The Bertz CT molecular complexity index is 3270. The lowest BCUT2D eigenvalue weighted by atomic mass is 10.0. The van der Waals surface area contributed by atoms with E-state index in [1.165, 1.54) is 0 Å². The van der Waals surface area contributed by atoms with Crippen LogP contribution in [0.3, 0.4) is 0 Å². The van der Waals surface area contributed by atoms with Crippen molar-refractivity contribution in [1.82, 2.24) is 19.9 Å². The van der Waals surface area contributed by atoms with E-state index in [1.807, 2.05) is 84.9 Å². The van der Waals surface area contributed by atoms with E-state index in [0.29, 0.717) is 51.0 Å². The lowest BCUT2D eigenvalue weighted by Gasteiger charge is -2.20. The van der Waals surface area contributed by atoms with Crippen LogP contribution in [-0.2, 0) is 0 Å². The summed E-state index contributed by atoms with van der Waals surface area (Å²) in [4.78, 5) is 35.0. The van der Waals surface area contributed by atoms with Crippen molar-refractivity contribution in [2.75, 3.05) is 0 Å². The third kappa shape index (κ3) is 4.94. The molecule has 9 nitrogen and oxygen atoms in total. The molecule has 0 saturated heterocycles. The van der Waals surface area contributed by atoms with Gasteiger partial charge in [-0.2, -0.15) is 0 Å². The number of nitrogens with zero attached hydrogens (tertiary/aromatic N) is 4. The van der Waals surface area contributed by atoms with Gasteiger partial charge in [-0.05, 0) is 29.3 Å². The first kappa shape index (κ1) is 30.1. The Balaban J connectivity index is 1.20. The van der Waals surface area contributed by atoms with Crippen LogP contribution < -0.4 is 26.7 Å². The lowest BCUT2D eigenvalue weighted by molar-refractivity contribution is 0.247. The number of hydrogen-bond donors (Lipinski definition) is 4. The number of nitrogens with one attached hydrogen (secondary N) is 4. The Morgan fingerprint density at radius 3 is 1.11 bits per heavy atom. The molecule has 11 rings (SSSR count). The minimum absolute atomic E-state index is 0.309. The molecule has 0 spiro atoms. The van der Waals surface area contributed by atoms with Crippen LogP contribution in [0.15, 0.2) is 172 Å². The monoisotopic (exact) mass is 698 g/mol. The first-order valence-electron chi connectivity index (χ1n) is 17.8. The van der Waals surface area contributed by atoms with Gasteiger partial charge < -0.3 is 24.7 Å². The largest absolute Gasteiger partial charge is 0.481 e. The van der Waals surface area contributed by atoms with Gasteiger partial charge >= 0.3 is 0 Å². The molecular formula is C45H30N8O. The number of fused-ring (bicyclic) bond motifs is 20. The van der Waals surface area contributed by atoms with Gasteiger partial charge in [0, 0.05) is 43.1 Å². The summed E-state index contributed by atoms with van der Waals surface area (Å²) < 4.78 is 6.83. The van der Waals surface area contributed by atoms with Gasteiger partial charge in [0.2, 0.25) is 0 Å². The van der Waals surface area contributed by atoms with Gasteiger partial charge in [-0.25, -0.2) is 20.0 Å². The molecule has 5 heterocycles. The molecule has 4 N–H and O–H groups in total. The molecule has 0 aliphatic carbocycles. The number of ether oxygens (including phenoxy) is 1. The number of benzene rings is 6. The molecule has 9 heteroatoms. The van der Waals surface area contributed by atoms with Crippen LogP contribution in [0.25, 0.3) is 43.1 Å². The summed E-state index contributed by atoms with van der Waals surface area (Å²) in [5.41, 5.74) is 4.89. The Labute approximate surface area is 306 Å². The van der Waals surface area contributed by atoms with Crippen LogP contribution in [0, 0.1) is 0 Å². The van der Waals surface area contributed by atoms with Crippen molar-refractivity contribution in [3.63, 3.8) is 0 Å².